The zero-order valence-electron chi connectivity index (χ0n) is 10.0. The van der Waals surface area contributed by atoms with Crippen molar-refractivity contribution in [2.24, 2.45) is 0 Å². The first-order valence-corrected chi connectivity index (χ1v) is 5.41. The third kappa shape index (κ3) is 2.99. The topological polar surface area (TPSA) is 46.5 Å². The minimum atomic E-state index is 0.203. The molecule has 0 saturated carbocycles. The van der Waals surface area contributed by atoms with E-state index in [9.17, 15) is 9.90 Å². The first kappa shape index (κ1) is 12.6. The number of methoxy groups -OCH3 is 1. The Morgan fingerprint density at radius 3 is 2.69 bits per heavy atom. The van der Waals surface area contributed by atoms with Crippen LogP contribution in [-0.2, 0) is 11.2 Å². The highest BCUT2D eigenvalue weighted by atomic mass is 16.5. The highest BCUT2D eigenvalue weighted by Crippen LogP contribution is 2.31. The molecule has 0 unspecified atom stereocenters. The van der Waals surface area contributed by atoms with Crippen molar-refractivity contribution in [2.75, 3.05) is 7.11 Å². The highest BCUT2D eigenvalue weighted by molar-refractivity contribution is 5.75. The standard InChI is InChI=1S/C13H18O3/c1-9(14)5-4-6-11-7-8-12(15)10(2)13(11)16-3/h7-8,15H,4-6H2,1-3H3. The Labute approximate surface area is 96.1 Å². The normalized spacial score (nSPS) is 10.2. The number of aryl methyl sites for hydroxylation is 1. The monoisotopic (exact) mass is 222 g/mol. The fourth-order valence-corrected chi connectivity index (χ4v) is 1.75. The molecule has 1 aromatic rings. The van der Waals surface area contributed by atoms with Crippen molar-refractivity contribution < 1.29 is 14.6 Å². The molecule has 3 heteroatoms. The molecule has 0 spiro atoms. The maximum atomic E-state index is 10.8. The fourth-order valence-electron chi connectivity index (χ4n) is 1.75. The summed E-state index contributed by atoms with van der Waals surface area (Å²) >= 11 is 0. The number of hydrogen-bond acceptors (Lipinski definition) is 3. The van der Waals surface area contributed by atoms with Crippen molar-refractivity contribution in [3.8, 4) is 11.5 Å². The van der Waals surface area contributed by atoms with Crippen LogP contribution < -0.4 is 4.74 Å². The number of benzene rings is 1. The average Bonchev–Trinajstić information content (AvgIpc) is 2.23. The summed E-state index contributed by atoms with van der Waals surface area (Å²) in [6.07, 6.45) is 2.20. The second-order valence-electron chi connectivity index (χ2n) is 3.96. The number of hydrogen-bond donors (Lipinski definition) is 1. The summed E-state index contributed by atoms with van der Waals surface area (Å²) in [5, 5.41) is 9.54. The van der Waals surface area contributed by atoms with E-state index in [1.165, 1.54) is 0 Å². The lowest BCUT2D eigenvalue weighted by molar-refractivity contribution is -0.117. The molecule has 0 aliphatic heterocycles. The van der Waals surface area contributed by atoms with Gasteiger partial charge in [-0.25, -0.2) is 0 Å². The predicted octanol–water partition coefficient (Wildman–Crippen LogP) is 2.62. The number of aromatic hydroxyl groups is 1. The number of ketones is 1. The predicted molar refractivity (Wildman–Crippen MR) is 63.0 cm³/mol. The number of phenols is 1. The van der Waals surface area contributed by atoms with Gasteiger partial charge in [0.05, 0.1) is 7.11 Å². The van der Waals surface area contributed by atoms with Crippen molar-refractivity contribution in [3.05, 3.63) is 23.3 Å². The molecule has 0 atom stereocenters. The van der Waals surface area contributed by atoms with Gasteiger partial charge in [-0.05, 0) is 38.3 Å². The van der Waals surface area contributed by atoms with Crippen molar-refractivity contribution in [3.63, 3.8) is 0 Å². The van der Waals surface area contributed by atoms with Gasteiger partial charge in [0.1, 0.15) is 17.3 Å². The van der Waals surface area contributed by atoms with Gasteiger partial charge >= 0.3 is 0 Å². The summed E-state index contributed by atoms with van der Waals surface area (Å²) < 4.78 is 5.27. The molecule has 88 valence electrons. The first-order chi connectivity index (χ1) is 7.56. The molecule has 1 N–H and O–H groups in total. The number of rotatable bonds is 5. The van der Waals surface area contributed by atoms with Crippen LogP contribution >= 0.6 is 0 Å². The van der Waals surface area contributed by atoms with E-state index < -0.39 is 0 Å². The van der Waals surface area contributed by atoms with E-state index >= 15 is 0 Å². The summed E-state index contributed by atoms with van der Waals surface area (Å²) in [7, 11) is 1.59. The lowest BCUT2D eigenvalue weighted by Crippen LogP contribution is -1.97. The number of ether oxygens (including phenoxy) is 1. The SMILES string of the molecule is COc1c(CCCC(C)=O)ccc(O)c1C. The second kappa shape index (κ2) is 5.54. The Balaban J connectivity index is 2.79. The Bertz CT molecular complexity index is 383. The number of phenolic OH excluding ortho intramolecular Hbond substituents is 1. The number of carbonyl (C=O) groups excluding carboxylic acids is 1. The van der Waals surface area contributed by atoms with Crippen LogP contribution in [0.2, 0.25) is 0 Å². The largest absolute Gasteiger partial charge is 0.508 e. The van der Waals surface area contributed by atoms with Crippen LogP contribution in [0.25, 0.3) is 0 Å². The van der Waals surface area contributed by atoms with Gasteiger partial charge in [0.2, 0.25) is 0 Å². The minimum absolute atomic E-state index is 0.203. The molecule has 3 nitrogen and oxygen atoms in total. The Morgan fingerprint density at radius 2 is 2.12 bits per heavy atom. The van der Waals surface area contributed by atoms with E-state index in [-0.39, 0.29) is 11.5 Å². The van der Waals surface area contributed by atoms with Crippen LogP contribution in [0.3, 0.4) is 0 Å². The second-order valence-corrected chi connectivity index (χ2v) is 3.96. The molecular formula is C13H18O3. The quantitative estimate of drug-likeness (QED) is 0.833. The van der Waals surface area contributed by atoms with E-state index in [4.69, 9.17) is 4.74 Å². The minimum Gasteiger partial charge on any atom is -0.508 e. The Kier molecular flexibility index (Phi) is 4.35. The van der Waals surface area contributed by atoms with Gasteiger partial charge in [0.25, 0.3) is 0 Å². The maximum absolute atomic E-state index is 10.8. The van der Waals surface area contributed by atoms with Crippen LogP contribution in [0.1, 0.15) is 30.9 Å². The van der Waals surface area contributed by atoms with E-state index in [2.05, 4.69) is 0 Å². The smallest absolute Gasteiger partial charge is 0.129 e. The molecule has 0 saturated heterocycles. The zero-order chi connectivity index (χ0) is 12.1. The molecule has 0 aliphatic carbocycles. The Hall–Kier alpha value is -1.51. The number of carbonyl (C=O) groups is 1. The molecule has 0 fully saturated rings. The number of Topliss-reactive ketones (excluding diaryl/α,β-unsaturated/α-hetero) is 1. The van der Waals surface area contributed by atoms with Gasteiger partial charge in [0, 0.05) is 12.0 Å². The van der Waals surface area contributed by atoms with Gasteiger partial charge in [-0.1, -0.05) is 6.07 Å². The zero-order valence-corrected chi connectivity index (χ0v) is 10.0. The van der Waals surface area contributed by atoms with Gasteiger partial charge < -0.3 is 14.6 Å². The van der Waals surface area contributed by atoms with Crippen molar-refractivity contribution in [1.29, 1.82) is 0 Å². The molecule has 0 aromatic heterocycles. The Morgan fingerprint density at radius 1 is 1.44 bits per heavy atom. The third-order valence-corrected chi connectivity index (χ3v) is 2.64. The van der Waals surface area contributed by atoms with Gasteiger partial charge in [-0.15, -0.1) is 0 Å². The van der Waals surface area contributed by atoms with Gasteiger partial charge in [0.15, 0.2) is 0 Å². The molecule has 1 rings (SSSR count). The molecule has 0 heterocycles. The lowest BCUT2D eigenvalue weighted by Gasteiger charge is -2.12. The van der Waals surface area contributed by atoms with E-state index in [1.54, 1.807) is 20.1 Å². The highest BCUT2D eigenvalue weighted by Gasteiger charge is 2.09. The molecule has 0 amide bonds. The maximum Gasteiger partial charge on any atom is 0.129 e. The van der Waals surface area contributed by atoms with Crippen LogP contribution in [0.5, 0.6) is 11.5 Å². The molecule has 0 radical (unpaired) electrons. The molecule has 1 aromatic carbocycles. The van der Waals surface area contributed by atoms with Crippen LogP contribution in [-0.4, -0.2) is 18.0 Å². The lowest BCUT2D eigenvalue weighted by atomic mass is 10.0. The van der Waals surface area contributed by atoms with Gasteiger partial charge in [-0.3, -0.25) is 0 Å². The summed E-state index contributed by atoms with van der Waals surface area (Å²) in [6, 6.07) is 3.52. The van der Waals surface area contributed by atoms with Crippen molar-refractivity contribution in [2.45, 2.75) is 33.1 Å². The molecule has 0 aliphatic rings. The first-order valence-electron chi connectivity index (χ1n) is 5.41. The van der Waals surface area contributed by atoms with Crippen LogP contribution in [0.4, 0.5) is 0 Å². The van der Waals surface area contributed by atoms with Crippen LogP contribution in [0, 0.1) is 6.92 Å². The fraction of sp³-hybridized carbons (Fsp3) is 0.462. The molecule has 16 heavy (non-hydrogen) atoms. The molecule has 0 bridgehead atoms. The summed E-state index contributed by atoms with van der Waals surface area (Å²) in [5.74, 6) is 1.17. The van der Waals surface area contributed by atoms with E-state index in [1.807, 2.05) is 13.0 Å². The van der Waals surface area contributed by atoms with Crippen molar-refractivity contribution in [1.82, 2.24) is 0 Å². The van der Waals surface area contributed by atoms with E-state index in [0.717, 1.165) is 29.7 Å². The summed E-state index contributed by atoms with van der Waals surface area (Å²) in [6.45, 7) is 3.42. The van der Waals surface area contributed by atoms with Crippen LogP contribution in [0.15, 0.2) is 12.1 Å². The third-order valence-electron chi connectivity index (χ3n) is 2.64. The average molecular weight is 222 g/mol. The van der Waals surface area contributed by atoms with Crippen molar-refractivity contribution >= 4 is 5.78 Å². The summed E-state index contributed by atoms with van der Waals surface area (Å²) in [4.78, 5) is 10.8. The van der Waals surface area contributed by atoms with Gasteiger partial charge in [-0.2, -0.15) is 0 Å². The van der Waals surface area contributed by atoms with E-state index in [0.29, 0.717) is 6.42 Å². The molecular weight excluding hydrogens is 204 g/mol. The summed E-state index contributed by atoms with van der Waals surface area (Å²) in [5.41, 5.74) is 1.79.